The van der Waals surface area contributed by atoms with E-state index in [2.05, 4.69) is 29.4 Å². The van der Waals surface area contributed by atoms with Gasteiger partial charge in [0.2, 0.25) is 0 Å². The van der Waals surface area contributed by atoms with Crippen LogP contribution >= 0.6 is 0 Å². The van der Waals surface area contributed by atoms with Gasteiger partial charge >= 0.3 is 0 Å². The molecular formula is C17H27N3O. The van der Waals surface area contributed by atoms with Gasteiger partial charge < -0.3 is 15.4 Å². The molecule has 0 saturated carbocycles. The van der Waals surface area contributed by atoms with E-state index in [-0.39, 0.29) is 0 Å². The monoisotopic (exact) mass is 289 g/mol. The first-order chi connectivity index (χ1) is 10.2. The highest BCUT2D eigenvalue weighted by molar-refractivity contribution is 5.48. The van der Waals surface area contributed by atoms with Crippen LogP contribution in [0.2, 0.25) is 0 Å². The SMILES string of the molecule is C=CCCOc1cc(N)ccc1CN1CCN(CC)CC1. The molecule has 0 aromatic heterocycles. The van der Waals surface area contributed by atoms with Gasteiger partial charge in [0.1, 0.15) is 5.75 Å². The van der Waals surface area contributed by atoms with Crippen LogP contribution in [0.1, 0.15) is 18.9 Å². The number of rotatable bonds is 7. The van der Waals surface area contributed by atoms with E-state index in [1.165, 1.54) is 5.56 Å². The molecule has 1 fully saturated rings. The molecule has 0 amide bonds. The minimum absolute atomic E-state index is 0.656. The average molecular weight is 289 g/mol. The maximum absolute atomic E-state index is 5.88. The molecule has 2 N–H and O–H groups in total. The van der Waals surface area contributed by atoms with E-state index in [0.29, 0.717) is 6.61 Å². The van der Waals surface area contributed by atoms with Crippen LogP contribution in [-0.4, -0.2) is 49.1 Å². The summed E-state index contributed by atoms with van der Waals surface area (Å²) in [5.41, 5.74) is 7.85. The van der Waals surface area contributed by atoms with Crippen LogP contribution in [0.25, 0.3) is 0 Å². The Bertz CT molecular complexity index is 453. The molecule has 4 nitrogen and oxygen atoms in total. The van der Waals surface area contributed by atoms with Gasteiger partial charge in [-0.05, 0) is 19.0 Å². The molecule has 4 heteroatoms. The Balaban J connectivity index is 1.96. The lowest BCUT2D eigenvalue weighted by atomic mass is 10.1. The van der Waals surface area contributed by atoms with Crippen molar-refractivity contribution in [3.8, 4) is 5.75 Å². The van der Waals surface area contributed by atoms with Gasteiger partial charge in [0.15, 0.2) is 0 Å². The van der Waals surface area contributed by atoms with Crippen LogP contribution in [0.15, 0.2) is 30.9 Å². The Kier molecular flexibility index (Phi) is 6.08. The van der Waals surface area contributed by atoms with E-state index in [1.807, 2.05) is 18.2 Å². The molecule has 1 aromatic rings. The summed E-state index contributed by atoms with van der Waals surface area (Å²) in [5.74, 6) is 0.912. The van der Waals surface area contributed by atoms with Gasteiger partial charge in [0.05, 0.1) is 6.61 Å². The second kappa shape index (κ2) is 8.05. The molecule has 0 unspecified atom stereocenters. The first kappa shape index (κ1) is 15.9. The highest BCUT2D eigenvalue weighted by Gasteiger charge is 2.17. The lowest BCUT2D eigenvalue weighted by Crippen LogP contribution is -2.45. The second-order valence-corrected chi connectivity index (χ2v) is 5.50. The van der Waals surface area contributed by atoms with Gasteiger partial charge in [0.25, 0.3) is 0 Å². The molecule has 0 bridgehead atoms. The van der Waals surface area contributed by atoms with Gasteiger partial charge in [-0.25, -0.2) is 0 Å². The van der Waals surface area contributed by atoms with Crippen LogP contribution in [-0.2, 0) is 6.54 Å². The number of likely N-dealkylation sites (N-methyl/N-ethyl adjacent to an activating group) is 1. The average Bonchev–Trinajstić information content (AvgIpc) is 2.51. The molecule has 2 rings (SSSR count). The van der Waals surface area contributed by atoms with Crippen molar-refractivity contribution >= 4 is 5.69 Å². The smallest absolute Gasteiger partial charge is 0.125 e. The van der Waals surface area contributed by atoms with E-state index >= 15 is 0 Å². The summed E-state index contributed by atoms with van der Waals surface area (Å²) in [4.78, 5) is 4.97. The summed E-state index contributed by atoms with van der Waals surface area (Å²) in [5, 5.41) is 0. The van der Waals surface area contributed by atoms with Crippen molar-refractivity contribution in [3.63, 3.8) is 0 Å². The number of nitrogens with two attached hydrogens (primary N) is 1. The topological polar surface area (TPSA) is 41.7 Å². The molecule has 1 aromatic carbocycles. The van der Waals surface area contributed by atoms with Crippen molar-refractivity contribution in [2.75, 3.05) is 45.1 Å². The van der Waals surface area contributed by atoms with Crippen LogP contribution in [0, 0.1) is 0 Å². The van der Waals surface area contributed by atoms with Crippen LogP contribution in [0.4, 0.5) is 5.69 Å². The van der Waals surface area contributed by atoms with E-state index < -0.39 is 0 Å². The maximum Gasteiger partial charge on any atom is 0.125 e. The molecule has 21 heavy (non-hydrogen) atoms. The van der Waals surface area contributed by atoms with Crippen molar-refractivity contribution < 1.29 is 4.74 Å². The third-order valence-electron chi connectivity index (χ3n) is 3.98. The zero-order valence-corrected chi connectivity index (χ0v) is 13.1. The quantitative estimate of drug-likeness (QED) is 0.475. The summed E-state index contributed by atoms with van der Waals surface area (Å²) in [7, 11) is 0. The van der Waals surface area contributed by atoms with Crippen LogP contribution in [0.3, 0.4) is 0 Å². The number of benzene rings is 1. The Hall–Kier alpha value is -1.52. The summed E-state index contributed by atoms with van der Waals surface area (Å²) in [6, 6.07) is 5.98. The fraction of sp³-hybridized carbons (Fsp3) is 0.529. The minimum Gasteiger partial charge on any atom is -0.493 e. The fourth-order valence-corrected chi connectivity index (χ4v) is 2.59. The summed E-state index contributed by atoms with van der Waals surface area (Å²) in [6.07, 6.45) is 2.72. The van der Waals surface area contributed by atoms with Crippen molar-refractivity contribution in [2.24, 2.45) is 0 Å². The first-order valence-corrected chi connectivity index (χ1v) is 7.79. The number of anilines is 1. The van der Waals surface area contributed by atoms with Crippen molar-refractivity contribution in [3.05, 3.63) is 36.4 Å². The predicted molar refractivity (Wildman–Crippen MR) is 88.6 cm³/mol. The molecule has 1 aliphatic heterocycles. The Morgan fingerprint density at radius 2 is 1.95 bits per heavy atom. The highest BCUT2D eigenvalue weighted by atomic mass is 16.5. The summed E-state index contributed by atoms with van der Waals surface area (Å²) in [6.45, 7) is 13.2. The zero-order chi connectivity index (χ0) is 15.1. The Labute approximate surface area is 128 Å². The highest BCUT2D eigenvalue weighted by Crippen LogP contribution is 2.24. The standard InChI is InChI=1S/C17H27N3O/c1-3-5-12-21-17-13-16(18)7-6-15(17)14-20-10-8-19(4-2)9-11-20/h3,6-7,13H,1,4-5,8-12,14,18H2,2H3. The van der Waals surface area contributed by atoms with Crippen molar-refractivity contribution in [2.45, 2.75) is 19.9 Å². The number of nitrogen functional groups attached to an aromatic ring is 1. The third kappa shape index (κ3) is 4.76. The molecule has 1 aliphatic rings. The van der Waals surface area contributed by atoms with E-state index in [9.17, 15) is 0 Å². The van der Waals surface area contributed by atoms with Gasteiger partial charge in [0, 0.05) is 50.0 Å². The number of hydrogen-bond acceptors (Lipinski definition) is 4. The second-order valence-electron chi connectivity index (χ2n) is 5.50. The molecule has 0 aliphatic carbocycles. The van der Waals surface area contributed by atoms with E-state index in [1.54, 1.807) is 0 Å². The Morgan fingerprint density at radius 3 is 2.62 bits per heavy atom. The van der Waals surface area contributed by atoms with Crippen LogP contribution in [0.5, 0.6) is 5.75 Å². The fourth-order valence-electron chi connectivity index (χ4n) is 2.59. The minimum atomic E-state index is 0.656. The van der Waals surface area contributed by atoms with Crippen molar-refractivity contribution in [1.82, 2.24) is 9.80 Å². The van der Waals surface area contributed by atoms with Crippen LogP contribution < -0.4 is 10.5 Å². The molecule has 1 saturated heterocycles. The molecular weight excluding hydrogens is 262 g/mol. The maximum atomic E-state index is 5.88. The predicted octanol–water partition coefficient (Wildman–Crippen LogP) is 2.36. The van der Waals surface area contributed by atoms with E-state index in [0.717, 1.165) is 57.1 Å². The Morgan fingerprint density at radius 1 is 1.24 bits per heavy atom. The lowest BCUT2D eigenvalue weighted by Gasteiger charge is -2.34. The number of hydrogen-bond donors (Lipinski definition) is 1. The lowest BCUT2D eigenvalue weighted by molar-refractivity contribution is 0.130. The number of nitrogens with zero attached hydrogens (tertiary/aromatic N) is 2. The van der Waals surface area contributed by atoms with Crippen molar-refractivity contribution in [1.29, 1.82) is 0 Å². The van der Waals surface area contributed by atoms with Gasteiger partial charge in [-0.1, -0.05) is 19.1 Å². The molecule has 1 heterocycles. The normalized spacial score (nSPS) is 16.8. The number of ether oxygens (including phenoxy) is 1. The first-order valence-electron chi connectivity index (χ1n) is 7.79. The summed E-state index contributed by atoms with van der Waals surface area (Å²) >= 11 is 0. The molecule has 0 spiro atoms. The summed E-state index contributed by atoms with van der Waals surface area (Å²) < 4.78 is 5.85. The molecule has 0 atom stereocenters. The van der Waals surface area contributed by atoms with Gasteiger partial charge in [-0.15, -0.1) is 6.58 Å². The van der Waals surface area contributed by atoms with Gasteiger partial charge in [-0.3, -0.25) is 4.90 Å². The number of piperazine rings is 1. The zero-order valence-electron chi connectivity index (χ0n) is 13.1. The third-order valence-corrected chi connectivity index (χ3v) is 3.98. The molecule has 0 radical (unpaired) electrons. The largest absolute Gasteiger partial charge is 0.493 e. The van der Waals surface area contributed by atoms with E-state index in [4.69, 9.17) is 10.5 Å². The molecule has 116 valence electrons. The van der Waals surface area contributed by atoms with Gasteiger partial charge in [-0.2, -0.15) is 0 Å².